The molecule has 8 nitrogen and oxygen atoms in total. The molecule has 0 aliphatic carbocycles. The van der Waals surface area contributed by atoms with Crippen molar-refractivity contribution in [2.75, 3.05) is 18.9 Å². The van der Waals surface area contributed by atoms with Crippen LogP contribution in [-0.2, 0) is 20.7 Å². The van der Waals surface area contributed by atoms with Crippen LogP contribution >= 0.6 is 0 Å². The number of anilines is 1. The quantitative estimate of drug-likeness (QED) is 0.411. The van der Waals surface area contributed by atoms with E-state index >= 15 is 0 Å². The molecule has 1 amide bonds. The van der Waals surface area contributed by atoms with Gasteiger partial charge in [0.05, 0.1) is 18.1 Å². The monoisotopic (exact) mass is 458 g/mol. The second-order valence-electron chi connectivity index (χ2n) is 10.0. The minimum atomic E-state index is -0.595. The summed E-state index contributed by atoms with van der Waals surface area (Å²) in [7, 11) is 1.69. The molecule has 1 atom stereocenters. The van der Waals surface area contributed by atoms with E-state index in [0.717, 1.165) is 11.3 Å². The summed E-state index contributed by atoms with van der Waals surface area (Å²) in [5.41, 5.74) is 6.26. The Bertz CT molecular complexity index is 876. The first-order chi connectivity index (χ1) is 15.2. The van der Waals surface area contributed by atoms with Crippen LogP contribution in [0.1, 0.15) is 59.9 Å². The summed E-state index contributed by atoms with van der Waals surface area (Å²) in [6, 6.07) is 9.39. The van der Waals surface area contributed by atoms with E-state index in [9.17, 15) is 9.59 Å². The Hall–Kier alpha value is -3.21. The molecule has 0 fully saturated rings. The number of amides is 1. The molecule has 1 aromatic rings. The zero-order valence-electron chi connectivity index (χ0n) is 20.9. The van der Waals surface area contributed by atoms with Crippen LogP contribution < -0.4 is 11.1 Å². The van der Waals surface area contributed by atoms with Crippen LogP contribution in [0.4, 0.5) is 10.5 Å². The topological polar surface area (TPSA) is 118 Å². The number of nitriles is 1. The number of esters is 1. The van der Waals surface area contributed by atoms with Gasteiger partial charge in [0.15, 0.2) is 0 Å². The maximum absolute atomic E-state index is 12.9. The first-order valence-electron chi connectivity index (χ1n) is 11.1. The Morgan fingerprint density at radius 2 is 1.82 bits per heavy atom. The summed E-state index contributed by atoms with van der Waals surface area (Å²) in [4.78, 5) is 26.6. The van der Waals surface area contributed by atoms with Crippen LogP contribution in [0.5, 0.6) is 0 Å². The number of nitrogens with two attached hydrogens (primary N) is 1. The van der Waals surface area contributed by atoms with Crippen molar-refractivity contribution in [1.82, 2.24) is 4.90 Å². The Morgan fingerprint density at radius 1 is 1.18 bits per heavy atom. The van der Waals surface area contributed by atoms with Gasteiger partial charge in [-0.1, -0.05) is 12.1 Å². The van der Waals surface area contributed by atoms with E-state index in [1.165, 1.54) is 11.0 Å². The minimum Gasteiger partial charge on any atom is -0.460 e. The molecule has 3 N–H and O–H groups in total. The largest absolute Gasteiger partial charge is 0.460 e. The number of allylic oxidation sites excluding steroid dienone is 1. The fourth-order valence-electron chi connectivity index (χ4n) is 3.03. The van der Waals surface area contributed by atoms with Crippen LogP contribution in [0.25, 0.3) is 0 Å². The number of ether oxygens (including phenoxy) is 2. The van der Waals surface area contributed by atoms with E-state index in [0.29, 0.717) is 25.8 Å². The molecule has 0 saturated heterocycles. The third-order valence-corrected chi connectivity index (χ3v) is 4.41. The fourth-order valence-corrected chi connectivity index (χ4v) is 3.03. The van der Waals surface area contributed by atoms with E-state index in [2.05, 4.69) is 5.32 Å². The Morgan fingerprint density at radius 3 is 2.39 bits per heavy atom. The van der Waals surface area contributed by atoms with Gasteiger partial charge >= 0.3 is 12.1 Å². The van der Waals surface area contributed by atoms with Gasteiger partial charge in [0.25, 0.3) is 0 Å². The van der Waals surface area contributed by atoms with Gasteiger partial charge < -0.3 is 25.4 Å². The Kier molecular flexibility index (Phi) is 10.2. The molecule has 1 unspecified atom stereocenters. The molecule has 0 aromatic heterocycles. The van der Waals surface area contributed by atoms with E-state index < -0.39 is 17.3 Å². The molecule has 1 rings (SSSR count). The highest BCUT2D eigenvalue weighted by molar-refractivity contribution is 5.73. The number of hydrogen-bond donors (Lipinski definition) is 2. The van der Waals surface area contributed by atoms with Crippen LogP contribution in [0.2, 0.25) is 0 Å². The van der Waals surface area contributed by atoms with Crippen molar-refractivity contribution in [3.8, 4) is 6.07 Å². The number of nitrogens with zero attached hydrogens (tertiary/aromatic N) is 2. The van der Waals surface area contributed by atoms with Crippen molar-refractivity contribution in [3.63, 3.8) is 0 Å². The highest BCUT2D eigenvalue weighted by atomic mass is 16.6. The van der Waals surface area contributed by atoms with Crippen molar-refractivity contribution >= 4 is 17.7 Å². The molecule has 0 heterocycles. The lowest BCUT2D eigenvalue weighted by Crippen LogP contribution is -2.35. The Labute approximate surface area is 197 Å². The van der Waals surface area contributed by atoms with Crippen molar-refractivity contribution in [2.45, 2.75) is 72.0 Å². The van der Waals surface area contributed by atoms with Gasteiger partial charge in [-0.05, 0) is 78.5 Å². The average Bonchev–Trinajstić information content (AvgIpc) is 2.64. The molecule has 33 heavy (non-hydrogen) atoms. The summed E-state index contributed by atoms with van der Waals surface area (Å²) in [5, 5.41) is 11.7. The van der Waals surface area contributed by atoms with Gasteiger partial charge in [0.1, 0.15) is 17.0 Å². The summed E-state index contributed by atoms with van der Waals surface area (Å²) < 4.78 is 11.0. The first-order valence-corrected chi connectivity index (χ1v) is 11.1. The molecule has 0 aliphatic heterocycles. The molecular formula is C25H38N4O4. The fraction of sp³-hybridized carbons (Fsp3) is 0.560. The van der Waals surface area contributed by atoms with Gasteiger partial charge in [-0.2, -0.15) is 5.26 Å². The van der Waals surface area contributed by atoms with Gasteiger partial charge in [0.2, 0.25) is 0 Å². The second kappa shape index (κ2) is 12.1. The van der Waals surface area contributed by atoms with E-state index in [1.54, 1.807) is 7.05 Å². The standard InChI is InChI=1S/C25H38N4O4/c1-24(2,3)32-22(30)19(11-9-15-29(7)23(31)33-25(4,5)6)16-18-10-8-12-20(17-18)28-21(27)13-14-26/h8,10,12-13,17,19,28H,9,11,15-16,27H2,1-7H3/b21-13+. The molecule has 0 saturated carbocycles. The molecule has 0 bridgehead atoms. The van der Waals surface area contributed by atoms with Crippen molar-refractivity contribution < 1.29 is 19.1 Å². The number of nitrogens with one attached hydrogen (secondary N) is 1. The van der Waals surface area contributed by atoms with Gasteiger partial charge in [-0.25, -0.2) is 4.79 Å². The number of benzene rings is 1. The van der Waals surface area contributed by atoms with E-state index in [4.69, 9.17) is 20.5 Å². The zero-order valence-corrected chi connectivity index (χ0v) is 20.9. The third kappa shape index (κ3) is 11.8. The summed E-state index contributed by atoms with van der Waals surface area (Å²) in [6.45, 7) is 11.5. The molecule has 1 aromatic carbocycles. The highest BCUT2D eigenvalue weighted by Crippen LogP contribution is 2.22. The van der Waals surface area contributed by atoms with Crippen molar-refractivity contribution in [1.29, 1.82) is 5.26 Å². The summed E-state index contributed by atoms with van der Waals surface area (Å²) in [5.74, 6) is -0.410. The molecular weight excluding hydrogens is 420 g/mol. The second-order valence-corrected chi connectivity index (χ2v) is 10.0. The molecule has 182 valence electrons. The van der Waals surface area contributed by atoms with Crippen molar-refractivity contribution in [3.05, 3.63) is 41.7 Å². The first kappa shape index (κ1) is 27.8. The van der Waals surface area contributed by atoms with Crippen LogP contribution in [0.15, 0.2) is 36.2 Å². The van der Waals surface area contributed by atoms with Gasteiger partial charge in [-0.3, -0.25) is 4.79 Å². The van der Waals surface area contributed by atoms with Crippen LogP contribution in [-0.4, -0.2) is 41.8 Å². The van der Waals surface area contributed by atoms with Gasteiger partial charge in [-0.15, -0.1) is 0 Å². The highest BCUT2D eigenvalue weighted by Gasteiger charge is 2.26. The Balaban J connectivity index is 2.88. The lowest BCUT2D eigenvalue weighted by molar-refractivity contribution is -0.160. The molecule has 0 spiro atoms. The van der Waals surface area contributed by atoms with Crippen molar-refractivity contribution in [2.24, 2.45) is 11.7 Å². The maximum Gasteiger partial charge on any atom is 0.410 e. The van der Waals surface area contributed by atoms with E-state index in [-0.39, 0.29) is 17.7 Å². The summed E-state index contributed by atoms with van der Waals surface area (Å²) >= 11 is 0. The predicted molar refractivity (Wildman–Crippen MR) is 129 cm³/mol. The average molecular weight is 459 g/mol. The number of hydrogen-bond acceptors (Lipinski definition) is 7. The lowest BCUT2D eigenvalue weighted by atomic mass is 9.94. The lowest BCUT2D eigenvalue weighted by Gasteiger charge is -2.26. The molecule has 0 aliphatic rings. The molecule has 8 heteroatoms. The minimum absolute atomic E-state index is 0.239. The van der Waals surface area contributed by atoms with E-state index in [1.807, 2.05) is 71.9 Å². The predicted octanol–water partition coefficient (Wildman–Crippen LogP) is 4.57. The number of carbonyl (C=O) groups is 2. The summed E-state index contributed by atoms with van der Waals surface area (Å²) in [6.07, 6.45) is 2.48. The normalized spacial score (nSPS) is 13.0. The maximum atomic E-state index is 12.9. The van der Waals surface area contributed by atoms with Crippen LogP contribution in [0.3, 0.4) is 0 Å². The molecule has 0 radical (unpaired) electrons. The SMILES string of the molecule is CN(CCCC(Cc1cccc(N/C(N)=C/C#N)c1)C(=O)OC(C)(C)C)C(=O)OC(C)(C)C. The smallest absolute Gasteiger partial charge is 0.410 e. The zero-order chi connectivity index (χ0) is 25.2. The third-order valence-electron chi connectivity index (χ3n) is 4.41. The van der Waals surface area contributed by atoms with Gasteiger partial charge in [0, 0.05) is 19.3 Å². The number of rotatable bonds is 9. The van der Waals surface area contributed by atoms with Crippen LogP contribution in [0, 0.1) is 17.2 Å². The number of carbonyl (C=O) groups excluding carboxylic acids is 2.